The molecule has 3 N–H and O–H groups in total. The fourth-order valence-electron chi connectivity index (χ4n) is 5.77. The van der Waals surface area contributed by atoms with E-state index in [1.165, 1.54) is 16.8 Å². The van der Waals surface area contributed by atoms with Gasteiger partial charge < -0.3 is 15.4 Å². The number of carboxylic acid groups (broad SMARTS) is 1. The lowest BCUT2D eigenvalue weighted by Gasteiger charge is -2.47. The Kier molecular flexibility index (Phi) is 4.21. The monoisotopic (exact) mass is 437 g/mol. The fourth-order valence-corrected chi connectivity index (χ4v) is 5.77. The van der Waals surface area contributed by atoms with E-state index in [1.54, 1.807) is 18.3 Å². The molecule has 4 aromatic rings. The number of aliphatic carboxylic acids is 1. The van der Waals surface area contributed by atoms with Gasteiger partial charge in [0.25, 0.3) is 0 Å². The van der Waals surface area contributed by atoms with Gasteiger partial charge in [-0.2, -0.15) is 9.49 Å². The van der Waals surface area contributed by atoms with E-state index in [9.17, 15) is 14.3 Å². The summed E-state index contributed by atoms with van der Waals surface area (Å²) in [5, 5.41) is 17.8. The van der Waals surface area contributed by atoms with Crippen molar-refractivity contribution >= 4 is 28.2 Å². The molecule has 3 fully saturated rings. The third-order valence-corrected chi connectivity index (χ3v) is 7.23. The third kappa shape index (κ3) is 2.80. The van der Waals surface area contributed by atoms with E-state index in [0.29, 0.717) is 27.7 Å². The van der Waals surface area contributed by atoms with Crippen LogP contribution in [0.25, 0.3) is 27.7 Å². The first kappa shape index (κ1) is 19.2. The van der Waals surface area contributed by atoms with Gasteiger partial charge in [-0.25, -0.2) is 13.9 Å². The van der Waals surface area contributed by atoms with Crippen LogP contribution in [0.3, 0.4) is 0 Å². The first-order valence-corrected chi connectivity index (χ1v) is 10.8. The van der Waals surface area contributed by atoms with Gasteiger partial charge in [0, 0.05) is 28.8 Å². The van der Waals surface area contributed by atoms with Crippen LogP contribution in [0, 0.1) is 29.5 Å². The zero-order valence-electron chi connectivity index (χ0n) is 17.1. The first-order chi connectivity index (χ1) is 15.5. The highest BCUT2D eigenvalue weighted by atomic mass is 19.1. The second kappa shape index (κ2) is 7.01. The Balaban J connectivity index is 1.49. The molecule has 7 nitrogen and oxygen atoms in total. The van der Waals surface area contributed by atoms with Gasteiger partial charge in [-0.1, -0.05) is 0 Å². The number of halogens is 2. The topological polar surface area (TPSA) is 95.3 Å². The summed E-state index contributed by atoms with van der Waals surface area (Å²) in [6.07, 6.45) is 8.04. The predicted octanol–water partition coefficient (Wildman–Crippen LogP) is 4.46. The summed E-state index contributed by atoms with van der Waals surface area (Å²) in [6, 6.07) is 4.40. The van der Waals surface area contributed by atoms with Gasteiger partial charge >= 0.3 is 5.97 Å². The van der Waals surface area contributed by atoms with Crippen molar-refractivity contribution in [3.63, 3.8) is 0 Å². The summed E-state index contributed by atoms with van der Waals surface area (Å²) in [4.78, 5) is 19.1. The SMILES string of the molecule is O=C(O)[C@H]1C2CCC(CC2)C1Nc1cc(-c2c[nH]c3ncc(F)cc23)c2ccnn2c1F. The molecule has 164 valence electrons. The summed E-state index contributed by atoms with van der Waals surface area (Å²) < 4.78 is 30.5. The number of aromatic nitrogens is 4. The molecule has 7 rings (SSSR count). The van der Waals surface area contributed by atoms with Gasteiger partial charge in [0.05, 0.1) is 29.5 Å². The fraction of sp³-hybridized carbons (Fsp3) is 0.348. The lowest BCUT2D eigenvalue weighted by molar-refractivity contribution is -0.148. The number of nitrogens with zero attached hydrogens (tertiary/aromatic N) is 3. The van der Waals surface area contributed by atoms with Gasteiger partial charge in [0.2, 0.25) is 5.95 Å². The van der Waals surface area contributed by atoms with E-state index in [-0.39, 0.29) is 23.6 Å². The third-order valence-electron chi connectivity index (χ3n) is 7.23. The van der Waals surface area contributed by atoms with Crippen LogP contribution in [0.1, 0.15) is 25.7 Å². The number of nitrogens with one attached hydrogen (secondary N) is 2. The van der Waals surface area contributed by atoms with Crippen LogP contribution >= 0.6 is 0 Å². The van der Waals surface area contributed by atoms with Crippen LogP contribution in [0.2, 0.25) is 0 Å². The Labute approximate surface area is 181 Å². The van der Waals surface area contributed by atoms with E-state index in [2.05, 4.69) is 20.4 Å². The molecule has 0 saturated heterocycles. The molecule has 3 aliphatic carbocycles. The number of H-pyrrole nitrogens is 1. The van der Waals surface area contributed by atoms with Gasteiger partial charge in [0.15, 0.2) is 0 Å². The molecule has 0 radical (unpaired) electrons. The number of hydrogen-bond acceptors (Lipinski definition) is 4. The molecule has 2 bridgehead atoms. The predicted molar refractivity (Wildman–Crippen MR) is 114 cm³/mol. The molecule has 2 atom stereocenters. The van der Waals surface area contributed by atoms with Crippen molar-refractivity contribution in [2.45, 2.75) is 31.7 Å². The van der Waals surface area contributed by atoms with E-state index in [0.717, 1.165) is 31.9 Å². The molecule has 0 spiro atoms. The van der Waals surface area contributed by atoms with E-state index in [4.69, 9.17) is 0 Å². The highest BCUT2D eigenvalue weighted by Crippen LogP contribution is 2.47. The summed E-state index contributed by atoms with van der Waals surface area (Å²) in [7, 11) is 0. The molecule has 0 amide bonds. The minimum absolute atomic E-state index is 0.105. The molecule has 32 heavy (non-hydrogen) atoms. The van der Waals surface area contributed by atoms with Crippen LogP contribution < -0.4 is 5.32 Å². The Morgan fingerprint density at radius 1 is 1.16 bits per heavy atom. The number of aromatic amines is 1. The minimum atomic E-state index is -0.837. The van der Waals surface area contributed by atoms with Crippen molar-refractivity contribution in [3.05, 3.63) is 48.6 Å². The molecule has 3 saturated carbocycles. The average Bonchev–Trinajstić information content (AvgIpc) is 3.44. The Bertz CT molecular complexity index is 1360. The van der Waals surface area contributed by atoms with Crippen LogP contribution in [0.15, 0.2) is 36.8 Å². The summed E-state index contributed by atoms with van der Waals surface area (Å²) >= 11 is 0. The number of pyridine rings is 2. The van der Waals surface area contributed by atoms with Crippen molar-refractivity contribution in [1.29, 1.82) is 0 Å². The standard InChI is InChI=1S/C23H21F2N5O2/c24-13-7-15-16(10-27-22(15)26-9-13)14-8-17(21(25)30-18(14)5-6-28-30)29-20-12-3-1-11(2-4-12)19(20)23(31)32/h5-12,19-20,29H,1-4H2,(H,26,27)(H,31,32)/t11?,12?,19-,20?/m0/s1. The summed E-state index contributed by atoms with van der Waals surface area (Å²) in [5.74, 6) is -2.15. The number of carboxylic acids is 1. The maximum Gasteiger partial charge on any atom is 0.308 e. The van der Waals surface area contributed by atoms with E-state index < -0.39 is 23.7 Å². The first-order valence-electron chi connectivity index (χ1n) is 10.8. The number of fused-ring (bicyclic) bond motifs is 5. The second-order valence-corrected chi connectivity index (χ2v) is 8.85. The van der Waals surface area contributed by atoms with E-state index >= 15 is 4.39 Å². The second-order valence-electron chi connectivity index (χ2n) is 8.85. The molecule has 4 aromatic heterocycles. The molecule has 4 heterocycles. The number of carbonyl (C=O) groups is 1. The van der Waals surface area contributed by atoms with Crippen molar-refractivity contribution < 1.29 is 18.7 Å². The summed E-state index contributed by atoms with van der Waals surface area (Å²) in [5.41, 5.74) is 2.56. The van der Waals surface area contributed by atoms with Crippen LogP contribution in [0.4, 0.5) is 14.5 Å². The van der Waals surface area contributed by atoms with Gasteiger partial charge in [-0.15, -0.1) is 0 Å². The van der Waals surface area contributed by atoms with Gasteiger partial charge in [-0.3, -0.25) is 4.79 Å². The molecular formula is C23H21F2N5O2. The quantitative estimate of drug-likeness (QED) is 0.410. The molecule has 3 aliphatic rings. The highest BCUT2D eigenvalue weighted by Gasteiger charge is 2.47. The maximum atomic E-state index is 15.4. The van der Waals surface area contributed by atoms with Gasteiger partial charge in [-0.05, 0) is 55.7 Å². The zero-order valence-corrected chi connectivity index (χ0v) is 17.1. The van der Waals surface area contributed by atoms with Crippen molar-refractivity contribution in [2.24, 2.45) is 17.8 Å². The van der Waals surface area contributed by atoms with Crippen molar-refractivity contribution in [3.8, 4) is 11.1 Å². The zero-order chi connectivity index (χ0) is 22.0. The summed E-state index contributed by atoms with van der Waals surface area (Å²) in [6.45, 7) is 0. The number of anilines is 1. The Morgan fingerprint density at radius 2 is 1.94 bits per heavy atom. The Hall–Kier alpha value is -3.49. The van der Waals surface area contributed by atoms with Crippen LogP contribution in [0.5, 0.6) is 0 Å². The molecular weight excluding hydrogens is 416 g/mol. The van der Waals surface area contributed by atoms with Crippen molar-refractivity contribution in [2.75, 3.05) is 5.32 Å². The number of rotatable bonds is 4. The minimum Gasteiger partial charge on any atom is -0.481 e. The smallest absolute Gasteiger partial charge is 0.308 e. The Morgan fingerprint density at radius 3 is 2.72 bits per heavy atom. The maximum absolute atomic E-state index is 15.4. The van der Waals surface area contributed by atoms with Gasteiger partial charge in [0.1, 0.15) is 11.5 Å². The van der Waals surface area contributed by atoms with Crippen LogP contribution in [-0.2, 0) is 4.79 Å². The lowest BCUT2D eigenvalue weighted by atomic mass is 9.61. The highest BCUT2D eigenvalue weighted by molar-refractivity contribution is 5.98. The molecule has 1 unspecified atom stereocenters. The van der Waals surface area contributed by atoms with E-state index in [1.807, 2.05) is 0 Å². The van der Waals surface area contributed by atoms with Crippen molar-refractivity contribution in [1.82, 2.24) is 19.6 Å². The number of hydrogen-bond donors (Lipinski definition) is 3. The largest absolute Gasteiger partial charge is 0.481 e. The molecule has 0 aliphatic heterocycles. The molecule has 9 heteroatoms. The molecule has 0 aromatic carbocycles. The average molecular weight is 437 g/mol. The lowest BCUT2D eigenvalue weighted by Crippen LogP contribution is -2.51. The van der Waals surface area contributed by atoms with Crippen LogP contribution in [-0.4, -0.2) is 36.7 Å². The normalized spacial score (nSPS) is 24.9.